The van der Waals surface area contributed by atoms with E-state index >= 15 is 0 Å². The molecule has 6 nitrogen and oxygen atoms in total. The van der Waals surface area contributed by atoms with Crippen molar-refractivity contribution < 1.29 is 17.9 Å². The third-order valence-corrected chi connectivity index (χ3v) is 6.57. The van der Waals surface area contributed by atoms with Crippen LogP contribution in [0.4, 0.5) is 0 Å². The Bertz CT molecular complexity index is 944. The molecule has 0 spiro atoms. The number of carbonyl (C=O) groups is 1. The Kier molecular flexibility index (Phi) is 7.16. The van der Waals surface area contributed by atoms with Crippen LogP contribution in [0, 0.1) is 0 Å². The lowest BCUT2D eigenvalue weighted by Crippen LogP contribution is -2.48. The van der Waals surface area contributed by atoms with E-state index in [2.05, 4.69) is 4.72 Å². The van der Waals surface area contributed by atoms with E-state index in [1.165, 1.54) is 18.2 Å². The number of sulfonamides is 1. The summed E-state index contributed by atoms with van der Waals surface area (Å²) in [5.74, 6) is 0.217. The van der Waals surface area contributed by atoms with Crippen LogP contribution >= 0.6 is 11.6 Å². The summed E-state index contributed by atoms with van der Waals surface area (Å²) in [6, 6.07) is 12.8. The molecular weight excluding hydrogens is 412 g/mol. The number of carbonyl (C=O) groups excluding carboxylic acids is 1. The molecule has 29 heavy (non-hydrogen) atoms. The Morgan fingerprint density at radius 3 is 2.48 bits per heavy atom. The van der Waals surface area contributed by atoms with E-state index in [4.69, 9.17) is 16.3 Å². The molecule has 3 rings (SSSR count). The van der Waals surface area contributed by atoms with E-state index in [9.17, 15) is 13.2 Å². The summed E-state index contributed by atoms with van der Waals surface area (Å²) < 4.78 is 33.9. The highest BCUT2D eigenvalue weighted by Crippen LogP contribution is 2.27. The molecule has 0 radical (unpaired) electrons. The maximum absolute atomic E-state index is 13.0. The van der Waals surface area contributed by atoms with E-state index < -0.39 is 16.1 Å². The lowest BCUT2D eigenvalue weighted by atomic mass is 10.1. The SMILES string of the molecule is CCOc1ccc(S(=O)(=O)N[C@@H](Cc2ccccc2)C(=O)N2CCCC2)cc1Cl. The summed E-state index contributed by atoms with van der Waals surface area (Å²) in [4.78, 5) is 14.7. The summed E-state index contributed by atoms with van der Waals surface area (Å²) >= 11 is 6.15. The molecule has 1 N–H and O–H groups in total. The fraction of sp³-hybridized carbons (Fsp3) is 0.381. The maximum Gasteiger partial charge on any atom is 0.241 e. The predicted molar refractivity (Wildman–Crippen MR) is 113 cm³/mol. The second kappa shape index (κ2) is 9.61. The second-order valence-corrected chi connectivity index (χ2v) is 9.04. The Balaban J connectivity index is 1.85. The quantitative estimate of drug-likeness (QED) is 0.689. The highest BCUT2D eigenvalue weighted by Gasteiger charge is 2.31. The summed E-state index contributed by atoms with van der Waals surface area (Å²) in [5, 5.41) is 0.209. The van der Waals surface area contributed by atoms with Crippen LogP contribution in [0.3, 0.4) is 0 Å². The van der Waals surface area contributed by atoms with Gasteiger partial charge in [-0.05, 0) is 49.9 Å². The largest absolute Gasteiger partial charge is 0.492 e. The monoisotopic (exact) mass is 436 g/mol. The molecule has 2 aromatic carbocycles. The van der Waals surface area contributed by atoms with Gasteiger partial charge in [-0.15, -0.1) is 0 Å². The normalized spacial score (nSPS) is 15.3. The van der Waals surface area contributed by atoms with E-state index in [1.807, 2.05) is 37.3 Å². The number of hydrogen-bond acceptors (Lipinski definition) is 4. The average Bonchev–Trinajstić information content (AvgIpc) is 3.24. The van der Waals surface area contributed by atoms with Gasteiger partial charge in [0.05, 0.1) is 16.5 Å². The van der Waals surface area contributed by atoms with Gasteiger partial charge in [-0.2, -0.15) is 4.72 Å². The number of ether oxygens (including phenoxy) is 1. The van der Waals surface area contributed by atoms with Crippen molar-refractivity contribution in [1.82, 2.24) is 9.62 Å². The minimum atomic E-state index is -3.95. The van der Waals surface area contributed by atoms with Gasteiger partial charge in [0, 0.05) is 13.1 Å². The Labute approximate surface area is 176 Å². The van der Waals surface area contributed by atoms with Crippen molar-refractivity contribution in [3.8, 4) is 5.75 Å². The summed E-state index contributed by atoms with van der Waals surface area (Å²) in [6.07, 6.45) is 2.15. The van der Waals surface area contributed by atoms with Gasteiger partial charge in [0.15, 0.2) is 0 Å². The number of halogens is 1. The molecule has 0 aliphatic carbocycles. The Morgan fingerprint density at radius 2 is 1.86 bits per heavy atom. The fourth-order valence-electron chi connectivity index (χ4n) is 3.36. The average molecular weight is 437 g/mol. The zero-order valence-corrected chi connectivity index (χ0v) is 17.9. The first kappa shape index (κ1) is 21.6. The van der Waals surface area contributed by atoms with Crippen molar-refractivity contribution in [3.63, 3.8) is 0 Å². The van der Waals surface area contributed by atoms with E-state index in [1.54, 1.807) is 4.90 Å². The van der Waals surface area contributed by atoms with E-state index in [0.717, 1.165) is 18.4 Å². The number of nitrogens with zero attached hydrogens (tertiary/aromatic N) is 1. The van der Waals surface area contributed by atoms with Crippen molar-refractivity contribution in [2.45, 2.75) is 37.1 Å². The Hall–Kier alpha value is -2.09. The first-order valence-electron chi connectivity index (χ1n) is 9.68. The first-order valence-corrected chi connectivity index (χ1v) is 11.5. The molecule has 1 fully saturated rings. The van der Waals surface area contributed by atoms with Crippen LogP contribution in [0.1, 0.15) is 25.3 Å². The van der Waals surface area contributed by atoms with Gasteiger partial charge in [0.1, 0.15) is 11.8 Å². The van der Waals surface area contributed by atoms with Gasteiger partial charge in [-0.25, -0.2) is 8.42 Å². The van der Waals surface area contributed by atoms with Crippen LogP contribution in [0.15, 0.2) is 53.4 Å². The standard InChI is InChI=1S/C21H25ClN2O4S/c1-2-28-20-11-10-17(15-18(20)22)29(26,27)23-19(14-16-8-4-3-5-9-16)21(25)24-12-6-7-13-24/h3-5,8-11,15,19,23H,2,6-7,12-14H2,1H3/t19-/m0/s1. The molecule has 0 saturated carbocycles. The van der Waals surface area contributed by atoms with Gasteiger partial charge >= 0.3 is 0 Å². The predicted octanol–water partition coefficient (Wildman–Crippen LogP) is 3.25. The summed E-state index contributed by atoms with van der Waals surface area (Å²) in [6.45, 7) is 3.55. The van der Waals surface area contributed by atoms with Crippen LogP contribution in [-0.4, -0.2) is 45.0 Å². The minimum Gasteiger partial charge on any atom is -0.492 e. The third-order valence-electron chi connectivity index (χ3n) is 4.81. The third kappa shape index (κ3) is 5.50. The van der Waals surface area contributed by atoms with Crippen molar-refractivity contribution >= 4 is 27.5 Å². The first-order chi connectivity index (χ1) is 13.9. The van der Waals surface area contributed by atoms with Crippen LogP contribution in [0.25, 0.3) is 0 Å². The lowest BCUT2D eigenvalue weighted by Gasteiger charge is -2.24. The zero-order chi connectivity index (χ0) is 20.9. The Morgan fingerprint density at radius 1 is 1.17 bits per heavy atom. The molecule has 1 heterocycles. The van der Waals surface area contributed by atoms with Gasteiger partial charge in [-0.1, -0.05) is 41.9 Å². The van der Waals surface area contributed by atoms with Gasteiger partial charge in [0.25, 0.3) is 0 Å². The molecule has 0 unspecified atom stereocenters. The van der Waals surface area contributed by atoms with Crippen molar-refractivity contribution in [3.05, 3.63) is 59.1 Å². The van der Waals surface area contributed by atoms with E-state index in [-0.39, 0.29) is 22.2 Å². The molecule has 1 aliphatic heterocycles. The molecule has 1 amide bonds. The van der Waals surface area contributed by atoms with Crippen molar-refractivity contribution in [2.24, 2.45) is 0 Å². The number of likely N-dealkylation sites (tertiary alicyclic amines) is 1. The number of rotatable bonds is 8. The van der Waals surface area contributed by atoms with Crippen molar-refractivity contribution in [1.29, 1.82) is 0 Å². The summed E-state index contributed by atoms with van der Waals surface area (Å²) in [7, 11) is -3.95. The molecule has 0 aromatic heterocycles. The second-order valence-electron chi connectivity index (χ2n) is 6.92. The lowest BCUT2D eigenvalue weighted by molar-refractivity contribution is -0.131. The van der Waals surface area contributed by atoms with Gasteiger partial charge in [-0.3, -0.25) is 4.79 Å². The van der Waals surface area contributed by atoms with Gasteiger partial charge < -0.3 is 9.64 Å². The molecule has 0 bridgehead atoms. The zero-order valence-electron chi connectivity index (χ0n) is 16.3. The molecule has 2 aromatic rings. The molecule has 1 atom stereocenters. The molecule has 8 heteroatoms. The van der Waals surface area contributed by atoms with Crippen LogP contribution in [0.2, 0.25) is 5.02 Å². The number of amides is 1. The molecule has 156 valence electrons. The molecular formula is C21H25ClN2O4S. The van der Waals surface area contributed by atoms with Crippen LogP contribution in [0.5, 0.6) is 5.75 Å². The molecule has 1 aliphatic rings. The topological polar surface area (TPSA) is 75.7 Å². The van der Waals surface area contributed by atoms with Gasteiger partial charge in [0.2, 0.25) is 15.9 Å². The van der Waals surface area contributed by atoms with Crippen molar-refractivity contribution in [2.75, 3.05) is 19.7 Å². The number of hydrogen-bond donors (Lipinski definition) is 1. The van der Waals surface area contributed by atoms with E-state index in [0.29, 0.717) is 25.4 Å². The summed E-state index contributed by atoms with van der Waals surface area (Å²) in [5.41, 5.74) is 0.887. The van der Waals surface area contributed by atoms with Crippen LogP contribution < -0.4 is 9.46 Å². The maximum atomic E-state index is 13.0. The minimum absolute atomic E-state index is 0.00163. The number of nitrogens with one attached hydrogen (secondary N) is 1. The number of benzene rings is 2. The highest BCUT2D eigenvalue weighted by atomic mass is 35.5. The van der Waals surface area contributed by atoms with Crippen LogP contribution in [-0.2, 0) is 21.2 Å². The smallest absolute Gasteiger partial charge is 0.241 e. The highest BCUT2D eigenvalue weighted by molar-refractivity contribution is 7.89. The molecule has 1 saturated heterocycles. The fourth-order valence-corrected chi connectivity index (χ4v) is 4.88.